The Hall–Kier alpha value is -1.56. The minimum absolute atomic E-state index is 0.0274. The largest absolute Gasteiger partial charge is 0.394 e. The number of imidazole rings is 1. The smallest absolute Gasteiger partial charge is 0.323 e. The molecule has 1 atom stereocenters. The first-order chi connectivity index (χ1) is 7.72. The SMILES string of the molecule is O=C(c1c[nH]c(=O)[nH]1)N1CCCCC1CO. The standard InChI is InChI=1S/C10H15N3O3/c14-6-7-3-1-2-4-13(7)9(15)8-5-11-10(16)12-8/h5,7,14H,1-4,6H2,(H2,11,12,16). The average Bonchev–Trinajstić information content (AvgIpc) is 2.75. The van der Waals surface area contributed by atoms with Crippen molar-refractivity contribution in [3.05, 3.63) is 22.4 Å². The van der Waals surface area contributed by atoms with Gasteiger partial charge in [0.25, 0.3) is 5.91 Å². The third-order valence-electron chi connectivity index (χ3n) is 2.92. The van der Waals surface area contributed by atoms with Gasteiger partial charge in [0, 0.05) is 12.7 Å². The summed E-state index contributed by atoms with van der Waals surface area (Å²) in [5.41, 5.74) is -0.133. The summed E-state index contributed by atoms with van der Waals surface area (Å²) in [5, 5.41) is 9.19. The van der Waals surface area contributed by atoms with Crippen molar-refractivity contribution in [2.45, 2.75) is 25.3 Å². The van der Waals surface area contributed by atoms with E-state index in [-0.39, 0.29) is 29.9 Å². The van der Waals surface area contributed by atoms with E-state index in [1.54, 1.807) is 4.90 Å². The molecule has 1 unspecified atom stereocenters. The van der Waals surface area contributed by atoms with Gasteiger partial charge in [-0.3, -0.25) is 4.79 Å². The molecule has 1 saturated heterocycles. The Morgan fingerprint density at radius 1 is 1.56 bits per heavy atom. The summed E-state index contributed by atoms with van der Waals surface area (Å²) in [5.74, 6) is -0.225. The van der Waals surface area contributed by atoms with Crippen molar-refractivity contribution in [3.8, 4) is 0 Å². The molecule has 1 aliphatic rings. The van der Waals surface area contributed by atoms with Crippen LogP contribution in [-0.4, -0.2) is 45.1 Å². The van der Waals surface area contributed by atoms with Crippen LogP contribution < -0.4 is 5.69 Å². The van der Waals surface area contributed by atoms with Crippen molar-refractivity contribution in [1.82, 2.24) is 14.9 Å². The van der Waals surface area contributed by atoms with E-state index in [0.717, 1.165) is 19.3 Å². The number of aromatic nitrogens is 2. The molecule has 6 nitrogen and oxygen atoms in total. The molecule has 0 radical (unpaired) electrons. The topological polar surface area (TPSA) is 89.2 Å². The highest BCUT2D eigenvalue weighted by atomic mass is 16.3. The molecule has 0 spiro atoms. The van der Waals surface area contributed by atoms with Crippen LogP contribution in [0.25, 0.3) is 0 Å². The lowest BCUT2D eigenvalue weighted by Crippen LogP contribution is -2.45. The number of hydrogen-bond donors (Lipinski definition) is 3. The van der Waals surface area contributed by atoms with Crippen molar-refractivity contribution >= 4 is 5.91 Å². The van der Waals surface area contributed by atoms with E-state index in [1.807, 2.05) is 0 Å². The first-order valence-electron chi connectivity index (χ1n) is 5.42. The molecular formula is C10H15N3O3. The number of carbonyl (C=O) groups is 1. The lowest BCUT2D eigenvalue weighted by atomic mass is 10.0. The maximum Gasteiger partial charge on any atom is 0.323 e. The Labute approximate surface area is 92.3 Å². The van der Waals surface area contributed by atoms with Crippen molar-refractivity contribution in [2.24, 2.45) is 0 Å². The molecule has 1 amide bonds. The Morgan fingerprint density at radius 2 is 2.38 bits per heavy atom. The zero-order chi connectivity index (χ0) is 11.5. The summed E-state index contributed by atoms with van der Waals surface area (Å²) in [6.45, 7) is 0.609. The fourth-order valence-electron chi connectivity index (χ4n) is 2.06. The number of hydrogen-bond acceptors (Lipinski definition) is 3. The predicted octanol–water partition coefficient (Wildman–Crippen LogP) is -0.310. The number of likely N-dealkylation sites (tertiary alicyclic amines) is 1. The number of aliphatic hydroxyl groups is 1. The highest BCUT2D eigenvalue weighted by molar-refractivity contribution is 5.92. The number of nitrogens with zero attached hydrogens (tertiary/aromatic N) is 1. The summed E-state index contributed by atoms with van der Waals surface area (Å²) in [6, 6.07) is -0.125. The second-order valence-corrected chi connectivity index (χ2v) is 3.99. The molecule has 1 aromatic heterocycles. The maximum absolute atomic E-state index is 12.0. The van der Waals surface area contributed by atoms with Crippen molar-refractivity contribution in [2.75, 3.05) is 13.2 Å². The van der Waals surface area contributed by atoms with Crippen LogP contribution in [0.2, 0.25) is 0 Å². The maximum atomic E-state index is 12.0. The molecule has 0 aliphatic carbocycles. The van der Waals surface area contributed by atoms with Gasteiger partial charge in [-0.25, -0.2) is 4.79 Å². The van der Waals surface area contributed by atoms with Gasteiger partial charge >= 0.3 is 5.69 Å². The van der Waals surface area contributed by atoms with Gasteiger partial charge in [-0.2, -0.15) is 0 Å². The van der Waals surface area contributed by atoms with Gasteiger partial charge < -0.3 is 20.0 Å². The van der Waals surface area contributed by atoms with Gasteiger partial charge in [-0.15, -0.1) is 0 Å². The van der Waals surface area contributed by atoms with Crippen LogP contribution in [0.1, 0.15) is 29.8 Å². The highest BCUT2D eigenvalue weighted by Gasteiger charge is 2.27. The second kappa shape index (κ2) is 4.52. The molecule has 0 bridgehead atoms. The lowest BCUT2D eigenvalue weighted by Gasteiger charge is -2.34. The van der Waals surface area contributed by atoms with Crippen LogP contribution in [0.5, 0.6) is 0 Å². The molecule has 1 fully saturated rings. The Balaban J connectivity index is 2.16. The Kier molecular flexibility index (Phi) is 3.09. The first kappa shape index (κ1) is 10.9. The third kappa shape index (κ3) is 2.01. The first-order valence-corrected chi connectivity index (χ1v) is 5.42. The molecule has 6 heteroatoms. The molecule has 0 aromatic carbocycles. The second-order valence-electron chi connectivity index (χ2n) is 3.99. The zero-order valence-corrected chi connectivity index (χ0v) is 8.90. The van der Waals surface area contributed by atoms with Gasteiger partial charge in [0.05, 0.1) is 12.6 Å². The van der Waals surface area contributed by atoms with Crippen LogP contribution in [-0.2, 0) is 0 Å². The monoisotopic (exact) mass is 225 g/mol. The summed E-state index contributed by atoms with van der Waals surface area (Å²) in [7, 11) is 0. The number of carbonyl (C=O) groups excluding carboxylic acids is 1. The van der Waals surface area contributed by atoms with Gasteiger partial charge in [-0.05, 0) is 19.3 Å². The van der Waals surface area contributed by atoms with Crippen LogP contribution in [0, 0.1) is 0 Å². The Bertz CT molecular complexity index is 423. The number of aliphatic hydroxyl groups excluding tert-OH is 1. The van der Waals surface area contributed by atoms with Crippen molar-refractivity contribution < 1.29 is 9.90 Å². The quantitative estimate of drug-likeness (QED) is 0.645. The summed E-state index contributed by atoms with van der Waals surface area (Å²) in [4.78, 5) is 29.4. The number of rotatable bonds is 2. The summed E-state index contributed by atoms with van der Waals surface area (Å²) < 4.78 is 0. The molecule has 3 N–H and O–H groups in total. The Morgan fingerprint density at radius 3 is 3.00 bits per heavy atom. The van der Waals surface area contributed by atoms with E-state index < -0.39 is 0 Å². The van der Waals surface area contributed by atoms with Gasteiger partial charge in [-0.1, -0.05) is 0 Å². The van der Waals surface area contributed by atoms with E-state index in [1.165, 1.54) is 6.20 Å². The zero-order valence-electron chi connectivity index (χ0n) is 8.90. The number of aromatic amines is 2. The van der Waals surface area contributed by atoms with E-state index in [2.05, 4.69) is 9.97 Å². The highest BCUT2D eigenvalue weighted by Crippen LogP contribution is 2.18. The molecule has 2 rings (SSSR count). The lowest BCUT2D eigenvalue weighted by molar-refractivity contribution is 0.0498. The van der Waals surface area contributed by atoms with Crippen molar-refractivity contribution in [3.63, 3.8) is 0 Å². The number of nitrogens with one attached hydrogen (secondary N) is 2. The summed E-state index contributed by atoms with van der Waals surface area (Å²) in [6.07, 6.45) is 4.15. The van der Waals surface area contributed by atoms with Gasteiger partial charge in [0.2, 0.25) is 0 Å². The van der Waals surface area contributed by atoms with Crippen molar-refractivity contribution in [1.29, 1.82) is 0 Å². The average molecular weight is 225 g/mol. The molecule has 88 valence electrons. The van der Waals surface area contributed by atoms with Crippen LogP contribution in [0.15, 0.2) is 11.0 Å². The molecule has 16 heavy (non-hydrogen) atoms. The van der Waals surface area contributed by atoms with Crippen LogP contribution in [0.4, 0.5) is 0 Å². The molecular weight excluding hydrogens is 210 g/mol. The number of piperidine rings is 1. The van der Waals surface area contributed by atoms with Gasteiger partial charge in [0.1, 0.15) is 5.69 Å². The minimum atomic E-state index is -0.388. The molecule has 1 aromatic rings. The number of H-pyrrole nitrogens is 2. The van der Waals surface area contributed by atoms with E-state index in [9.17, 15) is 14.7 Å². The van der Waals surface area contributed by atoms with Crippen LogP contribution >= 0.6 is 0 Å². The van der Waals surface area contributed by atoms with Crippen LogP contribution in [0.3, 0.4) is 0 Å². The fraction of sp³-hybridized carbons (Fsp3) is 0.600. The normalized spacial score (nSPS) is 21.1. The van der Waals surface area contributed by atoms with E-state index >= 15 is 0 Å². The predicted molar refractivity (Wildman–Crippen MR) is 57.2 cm³/mol. The minimum Gasteiger partial charge on any atom is -0.394 e. The molecule has 0 saturated carbocycles. The van der Waals surface area contributed by atoms with E-state index in [0.29, 0.717) is 6.54 Å². The fourth-order valence-corrected chi connectivity index (χ4v) is 2.06. The third-order valence-corrected chi connectivity index (χ3v) is 2.92. The number of amides is 1. The molecule has 1 aliphatic heterocycles. The van der Waals surface area contributed by atoms with E-state index in [4.69, 9.17) is 0 Å². The summed E-state index contributed by atoms with van der Waals surface area (Å²) >= 11 is 0. The van der Waals surface area contributed by atoms with Gasteiger partial charge in [0.15, 0.2) is 0 Å². The molecule has 2 heterocycles.